The van der Waals surface area contributed by atoms with Crippen LogP contribution in [0.3, 0.4) is 0 Å². The second-order valence-electron chi connectivity index (χ2n) is 11.6. The number of thiophene rings is 1. The van der Waals surface area contributed by atoms with Crippen LogP contribution in [-0.4, -0.2) is 58.3 Å². The molecule has 1 amide bonds. The van der Waals surface area contributed by atoms with E-state index in [9.17, 15) is 14.3 Å². The first-order valence-corrected chi connectivity index (χ1v) is 16.3. The standard InChI is InChI=1S/C26H33FN6O3S2.C2H6/c1-15-7-6-10-32(12-15)20-19(27)21(30-23(29-20)38(5)35)33-13-26(14-33)9-8-17-18(26)16(11-28)22(37-17)31-24(34)36-25(2,3)4;1-2/h15H,6-10,12-14H2,1-5H3,(H,31,34);1-2H3. The summed E-state index contributed by atoms with van der Waals surface area (Å²) in [7, 11) is -1.46. The molecule has 1 spiro atoms. The van der Waals surface area contributed by atoms with Gasteiger partial charge in [0.1, 0.15) is 16.7 Å². The highest BCUT2D eigenvalue weighted by molar-refractivity contribution is 7.84. The van der Waals surface area contributed by atoms with Crippen molar-refractivity contribution in [3.63, 3.8) is 0 Å². The Kier molecular flexibility index (Phi) is 8.76. The van der Waals surface area contributed by atoms with E-state index in [1.54, 1.807) is 20.8 Å². The van der Waals surface area contributed by atoms with Crippen molar-refractivity contribution in [3.05, 3.63) is 21.8 Å². The van der Waals surface area contributed by atoms with Crippen LogP contribution in [-0.2, 0) is 27.4 Å². The molecule has 4 heterocycles. The first-order valence-electron chi connectivity index (χ1n) is 13.9. The maximum atomic E-state index is 15.9. The number of piperidine rings is 1. The van der Waals surface area contributed by atoms with E-state index in [2.05, 4.69) is 28.3 Å². The fourth-order valence-electron chi connectivity index (χ4n) is 5.77. The third-order valence-corrected chi connectivity index (χ3v) is 9.23. The molecule has 1 aliphatic carbocycles. The number of nitrogens with zero attached hydrogens (tertiary/aromatic N) is 5. The fraction of sp³-hybridized carbons (Fsp3) is 0.643. The molecular weight excluding hydrogens is 551 g/mol. The molecule has 0 bridgehead atoms. The van der Waals surface area contributed by atoms with Crippen LogP contribution in [0.25, 0.3) is 0 Å². The Labute approximate surface area is 242 Å². The largest absolute Gasteiger partial charge is 0.444 e. The minimum atomic E-state index is -1.46. The van der Waals surface area contributed by atoms with Gasteiger partial charge in [-0.05, 0) is 57.9 Å². The molecule has 40 heavy (non-hydrogen) atoms. The lowest BCUT2D eigenvalue weighted by Gasteiger charge is -2.49. The van der Waals surface area contributed by atoms with E-state index in [0.717, 1.165) is 36.1 Å². The summed E-state index contributed by atoms with van der Waals surface area (Å²) in [6.45, 7) is 13.9. The number of amides is 1. The van der Waals surface area contributed by atoms with Crippen LogP contribution in [0.5, 0.6) is 0 Å². The zero-order valence-electron chi connectivity index (χ0n) is 24.4. The normalized spacial score (nSPS) is 20.1. The summed E-state index contributed by atoms with van der Waals surface area (Å²) < 4.78 is 33.6. The minimum absolute atomic E-state index is 0.125. The van der Waals surface area contributed by atoms with Crippen molar-refractivity contribution >= 4 is 44.9 Å². The monoisotopic (exact) mass is 590 g/mol. The number of hydrogen-bond donors (Lipinski definition) is 1. The number of anilines is 3. The number of ether oxygens (including phenoxy) is 1. The van der Waals surface area contributed by atoms with Crippen molar-refractivity contribution in [1.82, 2.24) is 9.97 Å². The van der Waals surface area contributed by atoms with Crippen LogP contribution in [0.15, 0.2) is 5.16 Å². The molecule has 5 rings (SSSR count). The van der Waals surface area contributed by atoms with Crippen LogP contribution in [0.4, 0.5) is 25.8 Å². The van der Waals surface area contributed by atoms with Gasteiger partial charge in [-0.15, -0.1) is 11.3 Å². The molecule has 9 nitrogen and oxygen atoms in total. The molecular formula is C28H39FN6O3S2. The average molecular weight is 591 g/mol. The Morgan fingerprint density at radius 1 is 1.25 bits per heavy atom. The third kappa shape index (κ3) is 5.81. The number of rotatable bonds is 4. The van der Waals surface area contributed by atoms with Gasteiger partial charge in [0.25, 0.3) is 0 Å². The summed E-state index contributed by atoms with van der Waals surface area (Å²) in [6, 6.07) is 2.29. The van der Waals surface area contributed by atoms with Crippen molar-refractivity contribution in [2.45, 2.75) is 83.4 Å². The number of aromatic nitrogens is 2. The molecule has 2 aliphatic heterocycles. The van der Waals surface area contributed by atoms with Crippen molar-refractivity contribution in [3.8, 4) is 6.07 Å². The van der Waals surface area contributed by atoms with Gasteiger partial charge in [0, 0.05) is 42.7 Å². The highest BCUT2D eigenvalue weighted by Crippen LogP contribution is 2.53. The number of hydrogen-bond acceptors (Lipinski definition) is 9. The zero-order chi connectivity index (χ0) is 29.4. The predicted molar refractivity (Wildman–Crippen MR) is 157 cm³/mol. The van der Waals surface area contributed by atoms with Crippen molar-refractivity contribution < 1.29 is 18.1 Å². The molecule has 0 saturated carbocycles. The zero-order valence-corrected chi connectivity index (χ0v) is 26.0. The Morgan fingerprint density at radius 2 is 1.90 bits per heavy atom. The predicted octanol–water partition coefficient (Wildman–Crippen LogP) is 5.60. The number of halogens is 1. The van der Waals surface area contributed by atoms with Crippen LogP contribution in [0.1, 0.15) is 76.8 Å². The molecule has 2 aromatic heterocycles. The molecule has 1 N–H and O–H groups in total. The summed E-state index contributed by atoms with van der Waals surface area (Å²) >= 11 is 1.41. The Hall–Kier alpha value is -2.78. The van der Waals surface area contributed by atoms with Gasteiger partial charge in [0.05, 0.1) is 16.4 Å². The van der Waals surface area contributed by atoms with E-state index >= 15 is 4.39 Å². The number of carbonyl (C=O) groups excluding carboxylic acids is 1. The quantitative estimate of drug-likeness (QED) is 0.458. The van der Waals surface area contributed by atoms with Crippen LogP contribution in [0.2, 0.25) is 0 Å². The molecule has 218 valence electrons. The second-order valence-corrected chi connectivity index (χ2v) is 14.0. The maximum absolute atomic E-state index is 15.9. The van der Waals surface area contributed by atoms with Gasteiger partial charge in [-0.3, -0.25) is 9.53 Å². The maximum Gasteiger partial charge on any atom is 0.412 e. The average Bonchev–Trinajstić information content (AvgIpc) is 3.39. The second kappa shape index (κ2) is 11.6. The SMILES string of the molecule is CC.CC1CCCN(c2nc(S(C)=O)nc(N3CC4(CCc5sc(NC(=O)OC(C)(C)C)c(C#N)c54)C3)c2F)C1. The van der Waals surface area contributed by atoms with Crippen molar-refractivity contribution in [2.75, 3.05) is 47.6 Å². The summed E-state index contributed by atoms with van der Waals surface area (Å²) in [4.78, 5) is 26.0. The lowest BCUT2D eigenvalue weighted by atomic mass is 9.74. The molecule has 2 unspecified atom stereocenters. The van der Waals surface area contributed by atoms with E-state index in [1.165, 1.54) is 17.6 Å². The molecule has 0 aromatic carbocycles. The molecule has 2 atom stereocenters. The number of fused-ring (bicyclic) bond motifs is 2. The number of carbonyl (C=O) groups is 1. The van der Waals surface area contributed by atoms with Gasteiger partial charge >= 0.3 is 6.09 Å². The van der Waals surface area contributed by atoms with E-state index < -0.39 is 28.3 Å². The van der Waals surface area contributed by atoms with E-state index in [0.29, 0.717) is 42.7 Å². The molecule has 2 fully saturated rings. The minimum Gasteiger partial charge on any atom is -0.444 e. The fourth-order valence-corrected chi connectivity index (χ4v) is 7.45. The summed E-state index contributed by atoms with van der Waals surface area (Å²) in [5.74, 6) is 0.322. The van der Waals surface area contributed by atoms with Crippen LogP contribution < -0.4 is 15.1 Å². The Morgan fingerprint density at radius 3 is 2.48 bits per heavy atom. The van der Waals surface area contributed by atoms with Crippen LogP contribution in [0, 0.1) is 23.1 Å². The van der Waals surface area contributed by atoms with Gasteiger partial charge in [-0.25, -0.2) is 4.79 Å². The van der Waals surface area contributed by atoms with Crippen LogP contribution >= 0.6 is 11.3 Å². The van der Waals surface area contributed by atoms with E-state index in [4.69, 9.17) is 4.74 Å². The number of nitriles is 1. The molecule has 12 heteroatoms. The topological polar surface area (TPSA) is 111 Å². The number of nitrogens with one attached hydrogen (secondary N) is 1. The lowest BCUT2D eigenvalue weighted by Crippen LogP contribution is -2.59. The molecule has 0 radical (unpaired) electrons. The molecule has 3 aliphatic rings. The van der Waals surface area contributed by atoms with Crippen molar-refractivity contribution in [1.29, 1.82) is 5.26 Å². The van der Waals surface area contributed by atoms with Gasteiger partial charge < -0.3 is 14.5 Å². The number of aryl methyl sites for hydroxylation is 1. The third-order valence-electron chi connectivity index (χ3n) is 7.36. The van der Waals surface area contributed by atoms with Gasteiger partial charge in [0.15, 0.2) is 11.6 Å². The first kappa shape index (κ1) is 30.2. The molecule has 2 saturated heterocycles. The Bertz CT molecular complexity index is 1340. The lowest BCUT2D eigenvalue weighted by molar-refractivity contribution is 0.0636. The summed E-state index contributed by atoms with van der Waals surface area (Å²) in [5, 5.41) is 13.4. The van der Waals surface area contributed by atoms with Gasteiger partial charge in [-0.1, -0.05) is 20.8 Å². The summed E-state index contributed by atoms with van der Waals surface area (Å²) in [5.41, 5.74) is 0.411. The van der Waals surface area contributed by atoms with E-state index in [-0.39, 0.29) is 22.2 Å². The first-order chi connectivity index (χ1) is 18.9. The van der Waals surface area contributed by atoms with Gasteiger partial charge in [-0.2, -0.15) is 19.6 Å². The summed E-state index contributed by atoms with van der Waals surface area (Å²) in [6.07, 6.45) is 4.57. The van der Waals surface area contributed by atoms with E-state index in [1.807, 2.05) is 23.6 Å². The highest BCUT2D eigenvalue weighted by Gasteiger charge is 2.52. The molecule has 2 aromatic rings. The Balaban J connectivity index is 0.00000181. The smallest absolute Gasteiger partial charge is 0.412 e. The van der Waals surface area contributed by atoms with Gasteiger partial charge in [0.2, 0.25) is 11.0 Å². The highest BCUT2D eigenvalue weighted by atomic mass is 32.2. The van der Waals surface area contributed by atoms with Crippen molar-refractivity contribution in [2.24, 2.45) is 5.92 Å².